The van der Waals surface area contributed by atoms with Gasteiger partial charge in [-0.05, 0) is 6.16 Å². The maximum Gasteiger partial charge on any atom is 2.00 e. The second-order valence-corrected chi connectivity index (χ2v) is 0.250. The van der Waals surface area contributed by atoms with E-state index in [9.17, 15) is 0 Å². The van der Waals surface area contributed by atoms with Crippen LogP contribution in [0.15, 0.2) is 13.2 Å². The molecule has 0 aliphatic rings. The molecule has 52 valence electrons. The Kier molecular flexibility index (Phi) is 214. The Bertz CT molecular complexity index is 48.3. The zero-order chi connectivity index (χ0) is 5.58. The van der Waals surface area contributed by atoms with Crippen molar-refractivity contribution in [3.05, 3.63) is 13.2 Å². The topological polar surface area (TPSA) is 133 Å². The van der Waals surface area contributed by atoms with Gasteiger partial charge < -0.3 is 27.3 Å². The van der Waals surface area contributed by atoms with Gasteiger partial charge >= 0.3 is 19.5 Å². The van der Waals surface area contributed by atoms with Crippen LogP contribution < -0.4 is 22.5 Å². The van der Waals surface area contributed by atoms with Crippen LogP contribution in [0.1, 0.15) is 0 Å². The molecular weight excluding hydrogens is 177 g/mol. The molecule has 0 aliphatic heterocycles. The zero-order valence-corrected chi connectivity index (χ0v) is 8.23. The molecule has 0 aromatic carbocycles. The predicted molar refractivity (Wildman–Crippen MR) is 26.7 cm³/mol. The SMILES string of the molecule is C=C.N.N.O=C([O-])[O-].[Zn+2]. The molecule has 0 aliphatic carbocycles. The fourth-order valence-electron chi connectivity index (χ4n) is 0. The first-order chi connectivity index (χ1) is 2.73. The third kappa shape index (κ3) is 1170. The van der Waals surface area contributed by atoms with Crippen molar-refractivity contribution in [2.45, 2.75) is 0 Å². The normalized spacial score (nSPS) is 3.11. The molecule has 9 heavy (non-hydrogen) atoms. The van der Waals surface area contributed by atoms with Crippen molar-refractivity contribution in [2.75, 3.05) is 0 Å². The van der Waals surface area contributed by atoms with Crippen molar-refractivity contribution in [3.8, 4) is 0 Å². The van der Waals surface area contributed by atoms with E-state index < -0.39 is 6.16 Å². The van der Waals surface area contributed by atoms with E-state index in [2.05, 4.69) is 13.2 Å². The fraction of sp³-hybridized carbons (Fsp3) is 0. The molecule has 0 spiro atoms. The molecule has 0 heterocycles. The van der Waals surface area contributed by atoms with Crippen LogP contribution in [0.5, 0.6) is 0 Å². The van der Waals surface area contributed by atoms with E-state index >= 15 is 0 Å². The molecule has 0 atom stereocenters. The summed E-state index contributed by atoms with van der Waals surface area (Å²) in [4.78, 5) is 8.33. The summed E-state index contributed by atoms with van der Waals surface area (Å²) in [6.45, 7) is 6.00. The molecule has 0 radical (unpaired) electrons. The monoisotopic (exact) mass is 186 g/mol. The summed E-state index contributed by atoms with van der Waals surface area (Å²) < 4.78 is 0. The smallest absolute Gasteiger partial charge is 0.652 e. The van der Waals surface area contributed by atoms with Crippen LogP contribution in [-0.4, -0.2) is 6.16 Å². The van der Waals surface area contributed by atoms with Crippen molar-refractivity contribution in [1.82, 2.24) is 12.3 Å². The van der Waals surface area contributed by atoms with Crippen LogP contribution in [0.3, 0.4) is 0 Å². The maximum absolute atomic E-state index is 8.33. The average molecular weight is 188 g/mol. The Morgan fingerprint density at radius 3 is 1.11 bits per heavy atom. The standard InChI is InChI=1S/C2H4.CH2O3.2H3N.Zn/c1-2;2-1(3)4;;;/h1-2H2;(H2,2,3,4);2*1H3;/q;;;;+2/p-2. The number of carboxylic acid groups (broad SMARTS) is 2. The molecule has 0 unspecified atom stereocenters. The molecule has 0 saturated carbocycles. The quantitative estimate of drug-likeness (QED) is 0.358. The molecule has 0 rings (SSSR count). The van der Waals surface area contributed by atoms with Crippen molar-refractivity contribution in [2.24, 2.45) is 0 Å². The summed E-state index contributed by atoms with van der Waals surface area (Å²) in [7, 11) is 0. The molecule has 0 bridgehead atoms. The van der Waals surface area contributed by atoms with Crippen LogP contribution in [-0.2, 0) is 19.5 Å². The van der Waals surface area contributed by atoms with Crippen LogP contribution in [0.4, 0.5) is 4.79 Å². The zero-order valence-electron chi connectivity index (χ0n) is 5.26. The Morgan fingerprint density at radius 1 is 1.11 bits per heavy atom. The Morgan fingerprint density at radius 2 is 1.11 bits per heavy atom. The van der Waals surface area contributed by atoms with E-state index in [1.165, 1.54) is 0 Å². The van der Waals surface area contributed by atoms with Gasteiger partial charge in [0.2, 0.25) is 0 Å². The number of rotatable bonds is 0. The van der Waals surface area contributed by atoms with E-state index in [4.69, 9.17) is 15.0 Å². The minimum absolute atomic E-state index is 0. The first-order valence-corrected chi connectivity index (χ1v) is 1.11. The third-order valence-electron chi connectivity index (χ3n) is 0. The van der Waals surface area contributed by atoms with Gasteiger partial charge in [0.25, 0.3) is 0 Å². The molecule has 0 aromatic heterocycles. The molecule has 0 saturated heterocycles. The minimum atomic E-state index is -2.33. The fourth-order valence-corrected chi connectivity index (χ4v) is 0. The van der Waals surface area contributed by atoms with E-state index in [0.29, 0.717) is 0 Å². The van der Waals surface area contributed by atoms with Gasteiger partial charge in [0.15, 0.2) is 0 Å². The molecule has 0 aromatic rings. The van der Waals surface area contributed by atoms with E-state index in [1.54, 1.807) is 0 Å². The van der Waals surface area contributed by atoms with Gasteiger partial charge in [-0.25, -0.2) is 0 Å². The Hall–Kier alpha value is -0.447. The largest absolute Gasteiger partial charge is 2.00 e. The molecule has 5 nitrogen and oxygen atoms in total. The van der Waals surface area contributed by atoms with Gasteiger partial charge in [-0.1, -0.05) is 0 Å². The second kappa shape index (κ2) is 49.8. The van der Waals surface area contributed by atoms with Gasteiger partial charge in [0.05, 0.1) is 0 Å². The van der Waals surface area contributed by atoms with Crippen LogP contribution in [0.2, 0.25) is 0 Å². The number of hydrogen-bond donors (Lipinski definition) is 2. The van der Waals surface area contributed by atoms with Gasteiger partial charge in [-0.2, -0.15) is 0 Å². The van der Waals surface area contributed by atoms with Gasteiger partial charge in [-0.3, -0.25) is 0 Å². The average Bonchev–Trinajstić information content (AvgIpc) is 1.41. The van der Waals surface area contributed by atoms with Crippen molar-refractivity contribution < 1.29 is 34.5 Å². The molecular formula is C3H10N2O3Zn. The molecule has 0 amide bonds. The van der Waals surface area contributed by atoms with Gasteiger partial charge in [0.1, 0.15) is 0 Å². The van der Waals surface area contributed by atoms with Crippen molar-refractivity contribution >= 4 is 6.16 Å². The first-order valence-electron chi connectivity index (χ1n) is 1.11. The minimum Gasteiger partial charge on any atom is -0.652 e. The van der Waals surface area contributed by atoms with Gasteiger partial charge in [-0.15, -0.1) is 13.2 Å². The van der Waals surface area contributed by atoms with Crippen LogP contribution in [0.25, 0.3) is 0 Å². The number of carbonyl (C=O) groups excluding carboxylic acids is 1. The van der Waals surface area contributed by atoms with E-state index in [0.717, 1.165) is 0 Å². The summed E-state index contributed by atoms with van der Waals surface area (Å²) in [5, 5.41) is 16.7. The molecule has 6 heteroatoms. The first kappa shape index (κ1) is 38.6. The summed E-state index contributed by atoms with van der Waals surface area (Å²) >= 11 is 0. The third-order valence-corrected chi connectivity index (χ3v) is 0. The predicted octanol–water partition coefficient (Wildman–Crippen LogP) is -1.32. The number of hydrogen-bond acceptors (Lipinski definition) is 5. The summed E-state index contributed by atoms with van der Waals surface area (Å²) in [5.41, 5.74) is 0. The molecule has 6 N–H and O–H groups in total. The number of carbonyl (C=O) groups is 1. The Balaban J connectivity index is -0.00000000990. The van der Waals surface area contributed by atoms with Gasteiger partial charge in [0, 0.05) is 0 Å². The van der Waals surface area contributed by atoms with E-state index in [1.807, 2.05) is 0 Å². The molecule has 0 fully saturated rings. The maximum atomic E-state index is 8.33. The second-order valence-electron chi connectivity index (χ2n) is 0.250. The van der Waals surface area contributed by atoms with Crippen molar-refractivity contribution in [3.63, 3.8) is 0 Å². The van der Waals surface area contributed by atoms with Crippen molar-refractivity contribution in [1.29, 1.82) is 0 Å². The van der Waals surface area contributed by atoms with Crippen LogP contribution in [0, 0.1) is 0 Å². The Labute approximate surface area is 66.7 Å². The summed E-state index contributed by atoms with van der Waals surface area (Å²) in [5.74, 6) is 0. The van der Waals surface area contributed by atoms with E-state index in [-0.39, 0.29) is 31.8 Å². The summed E-state index contributed by atoms with van der Waals surface area (Å²) in [6.07, 6.45) is -2.33. The van der Waals surface area contributed by atoms with Crippen LogP contribution >= 0.6 is 0 Å². The summed E-state index contributed by atoms with van der Waals surface area (Å²) in [6, 6.07) is 0.